The SMILES string of the molecule is CC(C)CCCC(C)n1c(-c2ccccc2)csc1=Nc1ccccc1[N+](=O)[O-]. The summed E-state index contributed by atoms with van der Waals surface area (Å²) in [6.45, 7) is 6.69. The molecule has 29 heavy (non-hydrogen) atoms. The zero-order valence-electron chi connectivity index (χ0n) is 17.1. The average molecular weight is 410 g/mol. The zero-order chi connectivity index (χ0) is 20.8. The normalized spacial score (nSPS) is 13.0. The molecule has 0 fully saturated rings. The van der Waals surface area contributed by atoms with Crippen LogP contribution >= 0.6 is 11.3 Å². The van der Waals surface area contributed by atoms with E-state index in [0.29, 0.717) is 11.6 Å². The lowest BCUT2D eigenvalue weighted by molar-refractivity contribution is -0.384. The molecule has 0 saturated carbocycles. The van der Waals surface area contributed by atoms with Gasteiger partial charge in [-0.2, -0.15) is 0 Å². The van der Waals surface area contributed by atoms with Crippen molar-refractivity contribution in [2.45, 2.75) is 46.1 Å². The number of nitro groups is 1. The molecular formula is C23H27N3O2S. The maximum atomic E-state index is 11.4. The van der Waals surface area contributed by atoms with Crippen molar-refractivity contribution >= 4 is 22.7 Å². The maximum absolute atomic E-state index is 11.4. The van der Waals surface area contributed by atoms with Crippen LogP contribution in [0.4, 0.5) is 11.4 Å². The van der Waals surface area contributed by atoms with E-state index < -0.39 is 0 Å². The molecule has 1 atom stereocenters. The molecule has 0 spiro atoms. The van der Waals surface area contributed by atoms with Gasteiger partial charge in [-0.05, 0) is 30.9 Å². The molecule has 0 aliphatic rings. The van der Waals surface area contributed by atoms with E-state index in [1.165, 1.54) is 23.8 Å². The Kier molecular flexibility index (Phi) is 6.99. The van der Waals surface area contributed by atoms with Crippen LogP contribution in [0.1, 0.15) is 46.1 Å². The first kappa shape index (κ1) is 21.0. The van der Waals surface area contributed by atoms with Crippen LogP contribution in [0.3, 0.4) is 0 Å². The van der Waals surface area contributed by atoms with Crippen LogP contribution in [-0.4, -0.2) is 9.49 Å². The number of nitrogens with zero attached hydrogens (tertiary/aromatic N) is 3. The van der Waals surface area contributed by atoms with Crippen molar-refractivity contribution in [3.05, 3.63) is 74.9 Å². The number of hydrogen-bond acceptors (Lipinski definition) is 4. The van der Waals surface area contributed by atoms with E-state index in [-0.39, 0.29) is 16.7 Å². The van der Waals surface area contributed by atoms with Crippen molar-refractivity contribution in [3.8, 4) is 11.3 Å². The first-order valence-corrected chi connectivity index (χ1v) is 10.9. The topological polar surface area (TPSA) is 60.4 Å². The summed E-state index contributed by atoms with van der Waals surface area (Å²) in [5.41, 5.74) is 2.65. The van der Waals surface area contributed by atoms with Crippen LogP contribution in [0, 0.1) is 16.0 Å². The number of benzene rings is 2. The minimum absolute atomic E-state index is 0.0289. The molecule has 0 radical (unpaired) electrons. The van der Waals surface area contributed by atoms with Gasteiger partial charge in [0.25, 0.3) is 5.69 Å². The molecule has 3 aromatic rings. The second-order valence-electron chi connectivity index (χ2n) is 7.67. The second-order valence-corrected chi connectivity index (χ2v) is 8.51. The Hall–Kier alpha value is -2.73. The van der Waals surface area contributed by atoms with Crippen LogP contribution in [-0.2, 0) is 0 Å². The van der Waals surface area contributed by atoms with Gasteiger partial charge in [0, 0.05) is 17.5 Å². The molecule has 0 saturated heterocycles. The summed E-state index contributed by atoms with van der Waals surface area (Å²) in [6, 6.07) is 17.1. The molecule has 1 aromatic heterocycles. The molecule has 0 aliphatic heterocycles. The molecule has 1 heterocycles. The van der Waals surface area contributed by atoms with Gasteiger partial charge >= 0.3 is 0 Å². The lowest BCUT2D eigenvalue weighted by Crippen LogP contribution is -2.20. The summed E-state index contributed by atoms with van der Waals surface area (Å²) < 4.78 is 2.23. The second kappa shape index (κ2) is 9.65. The standard InChI is InChI=1S/C23H27N3O2S/c1-17(2)10-9-11-18(3)25-22(19-12-5-4-6-13-19)16-29-23(25)24-20-14-7-8-15-21(20)26(27)28/h4-8,12-18H,9-11H2,1-3H3. The van der Waals surface area contributed by atoms with E-state index in [1.807, 2.05) is 18.2 Å². The summed E-state index contributed by atoms with van der Waals surface area (Å²) in [4.78, 5) is 16.5. The lowest BCUT2D eigenvalue weighted by atomic mass is 10.0. The molecule has 5 nitrogen and oxygen atoms in total. The van der Waals surface area contributed by atoms with Crippen molar-refractivity contribution in [3.63, 3.8) is 0 Å². The molecule has 0 bridgehead atoms. The van der Waals surface area contributed by atoms with Gasteiger partial charge in [-0.3, -0.25) is 10.1 Å². The van der Waals surface area contributed by atoms with Crippen LogP contribution in [0.15, 0.2) is 65.0 Å². The van der Waals surface area contributed by atoms with E-state index >= 15 is 0 Å². The van der Waals surface area contributed by atoms with Gasteiger partial charge < -0.3 is 4.57 Å². The minimum atomic E-state index is -0.374. The fourth-order valence-electron chi connectivity index (χ4n) is 3.41. The highest BCUT2D eigenvalue weighted by molar-refractivity contribution is 7.07. The Balaban J connectivity index is 2.08. The minimum Gasteiger partial charge on any atom is -0.314 e. The van der Waals surface area contributed by atoms with Crippen molar-refractivity contribution in [2.24, 2.45) is 10.9 Å². The molecule has 2 aromatic carbocycles. The molecule has 0 N–H and O–H groups in total. The molecule has 1 unspecified atom stereocenters. The first-order chi connectivity index (χ1) is 14.0. The Morgan fingerprint density at radius 2 is 1.72 bits per heavy atom. The number of aromatic nitrogens is 1. The van der Waals surface area contributed by atoms with Crippen molar-refractivity contribution < 1.29 is 4.92 Å². The highest BCUT2D eigenvalue weighted by Gasteiger charge is 2.16. The Morgan fingerprint density at radius 1 is 1.03 bits per heavy atom. The van der Waals surface area contributed by atoms with Crippen LogP contribution in [0.2, 0.25) is 0 Å². The van der Waals surface area contributed by atoms with E-state index in [0.717, 1.165) is 28.9 Å². The third kappa shape index (κ3) is 5.21. The summed E-state index contributed by atoms with van der Waals surface area (Å²) in [7, 11) is 0. The average Bonchev–Trinajstić information content (AvgIpc) is 3.12. The quantitative estimate of drug-likeness (QED) is 0.305. The van der Waals surface area contributed by atoms with Gasteiger partial charge in [-0.25, -0.2) is 4.99 Å². The van der Waals surface area contributed by atoms with Crippen LogP contribution in [0.25, 0.3) is 11.3 Å². The number of thiazole rings is 1. The molecule has 152 valence electrons. The maximum Gasteiger partial charge on any atom is 0.294 e. The Labute approximate surface area is 175 Å². The zero-order valence-corrected chi connectivity index (χ0v) is 17.9. The lowest BCUT2D eigenvalue weighted by Gasteiger charge is -2.18. The third-order valence-electron chi connectivity index (χ3n) is 4.95. The van der Waals surface area contributed by atoms with Gasteiger partial charge in [-0.15, -0.1) is 11.3 Å². The monoisotopic (exact) mass is 409 g/mol. The van der Waals surface area contributed by atoms with Gasteiger partial charge in [-0.1, -0.05) is 69.2 Å². The fraction of sp³-hybridized carbons (Fsp3) is 0.348. The number of para-hydroxylation sites is 2. The molecular weight excluding hydrogens is 382 g/mol. The summed E-state index contributed by atoms with van der Waals surface area (Å²) >= 11 is 1.53. The van der Waals surface area contributed by atoms with E-state index in [2.05, 4.69) is 42.9 Å². The highest BCUT2D eigenvalue weighted by atomic mass is 32.1. The Morgan fingerprint density at radius 3 is 2.41 bits per heavy atom. The first-order valence-electron chi connectivity index (χ1n) is 10.0. The van der Waals surface area contributed by atoms with Crippen molar-refractivity contribution in [1.82, 2.24) is 4.57 Å². The summed E-state index contributed by atoms with van der Waals surface area (Å²) in [5.74, 6) is 0.680. The molecule has 0 amide bonds. The van der Waals surface area contributed by atoms with Gasteiger partial charge in [0.15, 0.2) is 4.80 Å². The van der Waals surface area contributed by atoms with E-state index in [9.17, 15) is 10.1 Å². The Bertz CT molecular complexity index is 1020. The predicted molar refractivity (Wildman–Crippen MR) is 119 cm³/mol. The predicted octanol–water partition coefficient (Wildman–Crippen LogP) is 6.74. The smallest absolute Gasteiger partial charge is 0.294 e. The van der Waals surface area contributed by atoms with Gasteiger partial charge in [0.1, 0.15) is 5.69 Å². The summed E-state index contributed by atoms with van der Waals surface area (Å²) in [5, 5.41) is 13.5. The van der Waals surface area contributed by atoms with Crippen molar-refractivity contribution in [2.75, 3.05) is 0 Å². The number of nitro benzene ring substituents is 1. The van der Waals surface area contributed by atoms with Crippen molar-refractivity contribution in [1.29, 1.82) is 0 Å². The number of hydrogen-bond donors (Lipinski definition) is 0. The third-order valence-corrected chi connectivity index (χ3v) is 5.79. The number of rotatable bonds is 8. The largest absolute Gasteiger partial charge is 0.314 e. The van der Waals surface area contributed by atoms with E-state index in [1.54, 1.807) is 18.2 Å². The molecule has 6 heteroatoms. The van der Waals surface area contributed by atoms with Gasteiger partial charge in [0.2, 0.25) is 0 Å². The van der Waals surface area contributed by atoms with Gasteiger partial charge in [0.05, 0.1) is 10.6 Å². The summed E-state index contributed by atoms with van der Waals surface area (Å²) in [6.07, 6.45) is 3.37. The van der Waals surface area contributed by atoms with Crippen LogP contribution in [0.5, 0.6) is 0 Å². The molecule has 3 rings (SSSR count). The fourth-order valence-corrected chi connectivity index (χ4v) is 4.42. The highest BCUT2D eigenvalue weighted by Crippen LogP contribution is 2.29. The van der Waals surface area contributed by atoms with E-state index in [4.69, 9.17) is 4.99 Å². The van der Waals surface area contributed by atoms with Crippen LogP contribution < -0.4 is 4.80 Å². The molecule has 0 aliphatic carbocycles.